The lowest BCUT2D eigenvalue weighted by Crippen LogP contribution is -2.56. The Hall–Kier alpha value is -3.68. The van der Waals surface area contributed by atoms with Crippen molar-refractivity contribution in [1.29, 1.82) is 0 Å². The van der Waals surface area contributed by atoms with E-state index in [1.165, 1.54) is 29.2 Å². The smallest absolute Gasteiger partial charge is 0.260 e. The number of carbonyl (C=O) groups excluding carboxylic acids is 3. The third kappa shape index (κ3) is 7.39. The van der Waals surface area contributed by atoms with E-state index < -0.39 is 0 Å². The maximum Gasteiger partial charge on any atom is 0.260 e. The summed E-state index contributed by atoms with van der Waals surface area (Å²) >= 11 is 2.83. The summed E-state index contributed by atoms with van der Waals surface area (Å²) in [5.74, 6) is -0.0225. The van der Waals surface area contributed by atoms with Gasteiger partial charge < -0.3 is 19.4 Å². The minimum absolute atomic E-state index is 0.0725. The largest absolute Gasteiger partial charge is 0.496 e. The first-order valence-electron chi connectivity index (χ1n) is 13.7. The molecule has 1 unspecified atom stereocenters. The third-order valence-corrected chi connectivity index (χ3v) is 9.19. The molecule has 3 aromatic rings. The molecule has 13 heteroatoms. The highest BCUT2D eigenvalue weighted by Crippen LogP contribution is 2.38. The van der Waals surface area contributed by atoms with Gasteiger partial charge in [0.25, 0.3) is 11.8 Å². The van der Waals surface area contributed by atoms with E-state index >= 15 is 0 Å². The average molecular weight is 612 g/mol. The summed E-state index contributed by atoms with van der Waals surface area (Å²) in [4.78, 5) is 49.6. The second kappa shape index (κ2) is 14.0. The number of thiazole rings is 1. The Morgan fingerprint density at radius 2 is 2.05 bits per heavy atom. The Morgan fingerprint density at radius 1 is 1.26 bits per heavy atom. The Morgan fingerprint density at radius 3 is 2.74 bits per heavy atom. The van der Waals surface area contributed by atoms with Crippen LogP contribution in [0.3, 0.4) is 0 Å². The summed E-state index contributed by atoms with van der Waals surface area (Å²) in [5.41, 5.74) is 1.88. The molecule has 11 nitrogen and oxygen atoms in total. The molecular formula is C29H37N7O4S2. The van der Waals surface area contributed by atoms with Crippen molar-refractivity contribution in [3.63, 3.8) is 0 Å². The van der Waals surface area contributed by atoms with Crippen molar-refractivity contribution >= 4 is 46.0 Å². The summed E-state index contributed by atoms with van der Waals surface area (Å²) in [6.45, 7) is 10.4. The lowest BCUT2D eigenvalue weighted by atomic mass is 10.1. The summed E-state index contributed by atoms with van der Waals surface area (Å²) in [7, 11) is 5.53. The van der Waals surface area contributed by atoms with E-state index in [9.17, 15) is 14.4 Å². The number of rotatable bonds is 11. The predicted octanol–water partition coefficient (Wildman–Crippen LogP) is 3.87. The number of hydrogen-bond donors (Lipinski definition) is 1. The minimum atomic E-state index is -0.272. The van der Waals surface area contributed by atoms with Crippen LogP contribution in [-0.2, 0) is 11.3 Å². The van der Waals surface area contributed by atoms with Gasteiger partial charge in [-0.15, -0.1) is 0 Å². The molecule has 2 aromatic heterocycles. The molecule has 0 spiro atoms. The molecule has 0 aliphatic carbocycles. The van der Waals surface area contributed by atoms with Gasteiger partial charge in [-0.3, -0.25) is 24.4 Å². The van der Waals surface area contributed by atoms with Crippen LogP contribution in [0.4, 0.5) is 5.13 Å². The number of aromatic nitrogens is 3. The van der Waals surface area contributed by atoms with Crippen LogP contribution in [0.1, 0.15) is 39.6 Å². The zero-order valence-corrected chi connectivity index (χ0v) is 26.3. The van der Waals surface area contributed by atoms with Gasteiger partial charge in [0.05, 0.1) is 41.4 Å². The highest BCUT2D eigenvalue weighted by molar-refractivity contribution is 8.01. The topological polar surface area (TPSA) is 113 Å². The summed E-state index contributed by atoms with van der Waals surface area (Å²) < 4.78 is 8.20. The van der Waals surface area contributed by atoms with Gasteiger partial charge in [0.2, 0.25) is 5.91 Å². The average Bonchev–Trinajstić information content (AvgIpc) is 3.65. The SMILES string of the molecule is C=CC(=O)N1CCN(C(=O)c2cc(Sc3cnc(NC(=O)c4cnn(CCN(C)C)c4)s3)c(C)cc2OC)CC1CC. The van der Waals surface area contributed by atoms with Gasteiger partial charge in [-0.1, -0.05) is 36.6 Å². The van der Waals surface area contributed by atoms with Crippen molar-refractivity contribution in [2.75, 3.05) is 52.7 Å². The standard InChI is InChI=1S/C29H37N7O4S2/c1-7-21-18-34(10-12-36(21)25(37)8-2)28(39)22-14-24(19(3)13-23(22)40-6)41-26-16-30-29(42-26)32-27(38)20-15-31-35(17-20)11-9-33(4)5/h8,13-17,21H,2,7,9-12,18H2,1,3-6H3,(H,30,32,38). The number of amides is 3. The first-order chi connectivity index (χ1) is 20.1. The molecular weight excluding hydrogens is 574 g/mol. The number of methoxy groups -OCH3 is 1. The van der Waals surface area contributed by atoms with Crippen molar-refractivity contribution in [3.8, 4) is 5.75 Å². The fourth-order valence-corrected chi connectivity index (χ4v) is 6.56. The number of piperazine rings is 1. The third-order valence-electron chi connectivity index (χ3n) is 7.01. The van der Waals surface area contributed by atoms with Crippen molar-refractivity contribution in [1.82, 2.24) is 29.5 Å². The lowest BCUT2D eigenvalue weighted by molar-refractivity contribution is -0.130. The number of anilines is 1. The molecule has 0 bridgehead atoms. The molecule has 42 heavy (non-hydrogen) atoms. The monoisotopic (exact) mass is 611 g/mol. The number of aryl methyl sites for hydroxylation is 1. The quantitative estimate of drug-likeness (QED) is 0.325. The van der Waals surface area contributed by atoms with Gasteiger partial charge >= 0.3 is 0 Å². The first-order valence-corrected chi connectivity index (χ1v) is 15.3. The van der Waals surface area contributed by atoms with E-state index in [4.69, 9.17) is 4.74 Å². The number of nitrogens with one attached hydrogen (secondary N) is 1. The molecule has 0 radical (unpaired) electrons. The summed E-state index contributed by atoms with van der Waals surface area (Å²) in [6.07, 6.45) is 7.04. The Balaban J connectivity index is 1.45. The second-order valence-electron chi connectivity index (χ2n) is 10.2. The van der Waals surface area contributed by atoms with E-state index in [-0.39, 0.29) is 23.8 Å². The molecule has 4 rings (SSSR count). The van der Waals surface area contributed by atoms with Gasteiger partial charge in [-0.05, 0) is 51.2 Å². The van der Waals surface area contributed by atoms with Gasteiger partial charge in [-0.2, -0.15) is 5.10 Å². The fraction of sp³-hybridized carbons (Fsp3) is 0.414. The molecule has 1 N–H and O–H groups in total. The highest BCUT2D eigenvalue weighted by atomic mass is 32.2. The number of likely N-dealkylation sites (N-methyl/N-ethyl adjacent to an activating group) is 1. The summed E-state index contributed by atoms with van der Waals surface area (Å²) in [6, 6.07) is 3.64. The van der Waals surface area contributed by atoms with Crippen LogP contribution in [0, 0.1) is 6.92 Å². The molecule has 1 fully saturated rings. The maximum atomic E-state index is 13.7. The highest BCUT2D eigenvalue weighted by Gasteiger charge is 2.32. The normalized spacial score (nSPS) is 15.1. The summed E-state index contributed by atoms with van der Waals surface area (Å²) in [5, 5.41) is 7.59. The Kier molecular flexibility index (Phi) is 10.4. The van der Waals surface area contributed by atoms with E-state index in [1.807, 2.05) is 40.1 Å². The second-order valence-corrected chi connectivity index (χ2v) is 12.6. The van der Waals surface area contributed by atoms with Crippen LogP contribution in [0.25, 0.3) is 0 Å². The van der Waals surface area contributed by atoms with E-state index in [1.54, 1.807) is 40.2 Å². The van der Waals surface area contributed by atoms with Gasteiger partial charge in [0.1, 0.15) is 5.75 Å². The molecule has 0 saturated carbocycles. The number of benzene rings is 1. The van der Waals surface area contributed by atoms with Crippen molar-refractivity contribution in [2.24, 2.45) is 0 Å². The van der Waals surface area contributed by atoms with Gasteiger partial charge in [-0.25, -0.2) is 4.98 Å². The fourth-order valence-electron chi connectivity index (χ4n) is 4.62. The van der Waals surface area contributed by atoms with Crippen molar-refractivity contribution in [3.05, 3.63) is 60.1 Å². The Bertz CT molecular complexity index is 1450. The molecule has 3 heterocycles. The van der Waals surface area contributed by atoms with Crippen LogP contribution in [0.15, 0.2) is 52.5 Å². The van der Waals surface area contributed by atoms with Crippen LogP contribution >= 0.6 is 23.1 Å². The molecule has 1 aliphatic heterocycles. The Labute approximate surface area is 254 Å². The van der Waals surface area contributed by atoms with Gasteiger partial charge in [0, 0.05) is 43.3 Å². The molecule has 224 valence electrons. The van der Waals surface area contributed by atoms with Crippen molar-refractivity contribution in [2.45, 2.75) is 42.0 Å². The zero-order valence-electron chi connectivity index (χ0n) is 24.6. The minimum Gasteiger partial charge on any atom is -0.496 e. The molecule has 1 aromatic carbocycles. The van der Waals surface area contributed by atoms with E-state index in [0.29, 0.717) is 48.2 Å². The molecule has 1 aliphatic rings. The van der Waals surface area contributed by atoms with Crippen LogP contribution in [0.2, 0.25) is 0 Å². The van der Waals surface area contributed by atoms with Crippen LogP contribution in [-0.4, -0.2) is 101 Å². The van der Waals surface area contributed by atoms with Crippen LogP contribution < -0.4 is 10.1 Å². The number of carbonyl (C=O) groups is 3. The zero-order chi connectivity index (χ0) is 30.4. The molecule has 3 amide bonds. The molecule has 1 saturated heterocycles. The first kappa shape index (κ1) is 31.3. The van der Waals surface area contributed by atoms with Crippen molar-refractivity contribution < 1.29 is 19.1 Å². The predicted molar refractivity (Wildman–Crippen MR) is 165 cm³/mol. The van der Waals surface area contributed by atoms with E-state index in [0.717, 1.165) is 27.6 Å². The number of hydrogen-bond acceptors (Lipinski definition) is 9. The van der Waals surface area contributed by atoms with Crippen LogP contribution in [0.5, 0.6) is 5.75 Å². The van der Waals surface area contributed by atoms with E-state index in [2.05, 4.69) is 26.9 Å². The lowest BCUT2D eigenvalue weighted by Gasteiger charge is -2.41. The molecule has 1 atom stereocenters. The van der Waals surface area contributed by atoms with Gasteiger partial charge in [0.15, 0.2) is 5.13 Å². The number of nitrogens with zero attached hydrogens (tertiary/aromatic N) is 6. The number of ether oxygens (including phenoxy) is 1. The maximum absolute atomic E-state index is 13.7.